The monoisotopic (exact) mass is 197 g/mol. The third-order valence-corrected chi connectivity index (χ3v) is 1.72. The second-order valence-corrected chi connectivity index (χ2v) is 2.86. The van der Waals surface area contributed by atoms with E-state index < -0.39 is 0 Å². The summed E-state index contributed by atoms with van der Waals surface area (Å²) in [5, 5.41) is 3.12. The van der Waals surface area contributed by atoms with Crippen LogP contribution in [0.2, 0.25) is 0 Å². The molecule has 0 unspecified atom stereocenters. The third-order valence-electron chi connectivity index (χ3n) is 1.72. The molecule has 1 aromatic rings. The molecule has 0 aliphatic carbocycles. The number of hydrogen-bond donors (Lipinski definition) is 1. The van der Waals surface area contributed by atoms with Crippen molar-refractivity contribution in [3.05, 3.63) is 24.2 Å². The SMILES string of the molecule is CCOC(=O)CCNCc1ccoc1. The van der Waals surface area contributed by atoms with Crippen molar-refractivity contribution in [2.24, 2.45) is 0 Å². The number of nitrogens with one attached hydrogen (secondary N) is 1. The molecule has 0 atom stereocenters. The summed E-state index contributed by atoms with van der Waals surface area (Å²) in [5.74, 6) is -0.160. The lowest BCUT2D eigenvalue weighted by atomic mass is 10.3. The Hall–Kier alpha value is -1.29. The van der Waals surface area contributed by atoms with Gasteiger partial charge in [-0.3, -0.25) is 4.79 Å². The van der Waals surface area contributed by atoms with Crippen molar-refractivity contribution in [1.82, 2.24) is 5.32 Å². The van der Waals surface area contributed by atoms with Crippen LogP contribution in [0.1, 0.15) is 18.9 Å². The van der Waals surface area contributed by atoms with Crippen molar-refractivity contribution in [2.45, 2.75) is 19.9 Å². The van der Waals surface area contributed by atoms with Crippen molar-refractivity contribution in [3.8, 4) is 0 Å². The van der Waals surface area contributed by atoms with E-state index in [2.05, 4.69) is 5.32 Å². The van der Waals surface area contributed by atoms with Crippen LogP contribution >= 0.6 is 0 Å². The van der Waals surface area contributed by atoms with Gasteiger partial charge in [-0.25, -0.2) is 0 Å². The van der Waals surface area contributed by atoms with E-state index in [9.17, 15) is 4.79 Å². The molecule has 14 heavy (non-hydrogen) atoms. The second-order valence-electron chi connectivity index (χ2n) is 2.86. The van der Waals surface area contributed by atoms with Crippen LogP contribution in [0, 0.1) is 0 Å². The largest absolute Gasteiger partial charge is 0.472 e. The first-order chi connectivity index (χ1) is 6.83. The maximum atomic E-state index is 10.9. The minimum absolute atomic E-state index is 0.160. The van der Waals surface area contributed by atoms with Crippen molar-refractivity contribution >= 4 is 5.97 Å². The van der Waals surface area contributed by atoms with Gasteiger partial charge in [0.2, 0.25) is 0 Å². The number of carbonyl (C=O) groups is 1. The van der Waals surface area contributed by atoms with E-state index >= 15 is 0 Å². The molecule has 0 bridgehead atoms. The fourth-order valence-corrected chi connectivity index (χ4v) is 1.05. The number of ether oxygens (including phenoxy) is 1. The van der Waals surface area contributed by atoms with Crippen molar-refractivity contribution < 1.29 is 13.9 Å². The van der Waals surface area contributed by atoms with Crippen LogP contribution in [-0.2, 0) is 16.1 Å². The number of carbonyl (C=O) groups excluding carboxylic acids is 1. The molecule has 0 aromatic carbocycles. The van der Waals surface area contributed by atoms with Gasteiger partial charge in [-0.2, -0.15) is 0 Å². The summed E-state index contributed by atoms with van der Waals surface area (Å²) in [4.78, 5) is 10.9. The maximum absolute atomic E-state index is 10.9. The Morgan fingerprint density at radius 1 is 1.64 bits per heavy atom. The van der Waals surface area contributed by atoms with E-state index in [0.717, 1.165) is 12.1 Å². The number of hydrogen-bond acceptors (Lipinski definition) is 4. The topological polar surface area (TPSA) is 51.5 Å². The Morgan fingerprint density at radius 3 is 3.14 bits per heavy atom. The highest BCUT2D eigenvalue weighted by Crippen LogP contribution is 1.98. The summed E-state index contributed by atoms with van der Waals surface area (Å²) in [6.07, 6.45) is 3.71. The van der Waals surface area contributed by atoms with Gasteiger partial charge in [-0.15, -0.1) is 0 Å². The molecule has 0 radical (unpaired) electrons. The maximum Gasteiger partial charge on any atom is 0.307 e. The summed E-state index contributed by atoms with van der Waals surface area (Å²) in [6.45, 7) is 3.59. The van der Waals surface area contributed by atoms with E-state index in [4.69, 9.17) is 9.15 Å². The number of furan rings is 1. The standard InChI is InChI=1S/C10H15NO3/c1-2-14-10(12)3-5-11-7-9-4-6-13-8-9/h4,6,8,11H,2-3,5,7H2,1H3. The first-order valence-electron chi connectivity index (χ1n) is 4.70. The zero-order valence-electron chi connectivity index (χ0n) is 8.29. The summed E-state index contributed by atoms with van der Waals surface area (Å²) < 4.78 is 9.68. The van der Waals surface area contributed by atoms with Gasteiger partial charge in [-0.05, 0) is 13.0 Å². The highest BCUT2D eigenvalue weighted by Gasteiger charge is 2.00. The first kappa shape index (κ1) is 10.8. The van der Waals surface area contributed by atoms with Crippen LogP contribution in [0.3, 0.4) is 0 Å². The zero-order valence-corrected chi connectivity index (χ0v) is 8.29. The fraction of sp³-hybridized carbons (Fsp3) is 0.500. The first-order valence-corrected chi connectivity index (χ1v) is 4.70. The lowest BCUT2D eigenvalue weighted by Gasteiger charge is -2.02. The number of esters is 1. The molecule has 1 heterocycles. The Kier molecular flexibility index (Phi) is 4.78. The molecule has 78 valence electrons. The summed E-state index contributed by atoms with van der Waals surface area (Å²) in [5.41, 5.74) is 1.08. The predicted octanol–water partition coefficient (Wildman–Crippen LogP) is 1.32. The minimum atomic E-state index is -0.160. The van der Waals surface area contributed by atoms with E-state index in [-0.39, 0.29) is 5.97 Å². The Morgan fingerprint density at radius 2 is 2.50 bits per heavy atom. The quantitative estimate of drug-likeness (QED) is 0.552. The smallest absolute Gasteiger partial charge is 0.307 e. The highest BCUT2D eigenvalue weighted by atomic mass is 16.5. The molecule has 0 amide bonds. The van der Waals surface area contributed by atoms with Gasteiger partial charge in [0.15, 0.2) is 0 Å². The molecule has 1 aromatic heterocycles. The van der Waals surface area contributed by atoms with E-state index in [0.29, 0.717) is 19.6 Å². The summed E-state index contributed by atoms with van der Waals surface area (Å²) >= 11 is 0. The molecule has 4 nitrogen and oxygen atoms in total. The van der Waals surface area contributed by atoms with Crippen LogP contribution in [0.4, 0.5) is 0 Å². The summed E-state index contributed by atoms with van der Waals surface area (Å²) in [6, 6.07) is 1.89. The van der Waals surface area contributed by atoms with E-state index in [1.807, 2.05) is 6.07 Å². The van der Waals surface area contributed by atoms with Gasteiger partial charge in [0.05, 0.1) is 25.6 Å². The molecule has 0 spiro atoms. The van der Waals surface area contributed by atoms with Gasteiger partial charge < -0.3 is 14.5 Å². The minimum Gasteiger partial charge on any atom is -0.472 e. The predicted molar refractivity (Wildman–Crippen MR) is 51.7 cm³/mol. The molecule has 1 rings (SSSR count). The lowest BCUT2D eigenvalue weighted by molar-refractivity contribution is -0.142. The Balaban J connectivity index is 2.02. The second kappa shape index (κ2) is 6.21. The highest BCUT2D eigenvalue weighted by molar-refractivity contribution is 5.69. The average Bonchev–Trinajstić information content (AvgIpc) is 2.65. The Labute approximate surface area is 83.2 Å². The molecule has 0 aliphatic rings. The van der Waals surface area contributed by atoms with Gasteiger partial charge in [-0.1, -0.05) is 0 Å². The molecule has 4 heteroatoms. The Bertz CT molecular complexity index is 256. The van der Waals surface area contributed by atoms with Crippen molar-refractivity contribution in [2.75, 3.05) is 13.2 Å². The van der Waals surface area contributed by atoms with Gasteiger partial charge in [0.1, 0.15) is 0 Å². The fourth-order valence-electron chi connectivity index (χ4n) is 1.05. The third kappa shape index (κ3) is 4.09. The van der Waals surface area contributed by atoms with Crippen molar-refractivity contribution in [3.63, 3.8) is 0 Å². The van der Waals surface area contributed by atoms with Crippen LogP contribution in [0.25, 0.3) is 0 Å². The normalized spacial score (nSPS) is 10.1. The summed E-state index contributed by atoms with van der Waals surface area (Å²) in [7, 11) is 0. The molecular weight excluding hydrogens is 182 g/mol. The van der Waals surface area contributed by atoms with Crippen LogP contribution in [-0.4, -0.2) is 19.1 Å². The molecule has 0 saturated heterocycles. The van der Waals surface area contributed by atoms with E-state index in [1.165, 1.54) is 0 Å². The van der Waals surface area contributed by atoms with Crippen LogP contribution in [0.15, 0.2) is 23.0 Å². The number of rotatable bonds is 6. The van der Waals surface area contributed by atoms with Gasteiger partial charge in [0, 0.05) is 18.7 Å². The molecule has 1 N–H and O–H groups in total. The molecule has 0 aliphatic heterocycles. The molecule has 0 saturated carbocycles. The van der Waals surface area contributed by atoms with E-state index in [1.54, 1.807) is 19.5 Å². The van der Waals surface area contributed by atoms with Crippen LogP contribution < -0.4 is 5.32 Å². The molecule has 0 fully saturated rings. The van der Waals surface area contributed by atoms with Gasteiger partial charge >= 0.3 is 5.97 Å². The zero-order chi connectivity index (χ0) is 10.2. The van der Waals surface area contributed by atoms with Crippen LogP contribution in [0.5, 0.6) is 0 Å². The lowest BCUT2D eigenvalue weighted by Crippen LogP contribution is -2.18. The van der Waals surface area contributed by atoms with Gasteiger partial charge in [0.25, 0.3) is 0 Å². The average molecular weight is 197 g/mol. The van der Waals surface area contributed by atoms with Crippen molar-refractivity contribution in [1.29, 1.82) is 0 Å². The molecular formula is C10H15NO3.